The van der Waals surface area contributed by atoms with E-state index in [4.69, 9.17) is 15.0 Å². The molecule has 75 heavy (non-hydrogen) atoms. The molecule has 2 amide bonds. The zero-order valence-corrected chi connectivity index (χ0v) is 53.5. The quantitative estimate of drug-likeness (QED) is 0.186. The van der Waals surface area contributed by atoms with Crippen molar-refractivity contribution in [1.29, 1.82) is 0 Å². The standard InChI is InChI=1S/C60H113N13O2/c1-41(74)70(44-31-53(7,8)66(25)54(9,10)32-44)39-72(46-35-57(15,16)68(27)58(17,18)36-46)49-61-48(64(23)43-29-51(3,4)65(24)52(5,6)30-43)62-50(63-49)73(47-37-59(19,20)69(28)60(21,22)38-47)40-71(42(2)75)45-33-55(11,12)67(26)56(13,14)34-45/h43-47H,29-40H2,1-28H3. The molecule has 0 radical (unpaired) electrons. The summed E-state index contributed by atoms with van der Waals surface area (Å²) >= 11 is 0. The molecule has 5 aliphatic rings. The number of rotatable bonds is 12. The van der Waals surface area contributed by atoms with Crippen LogP contribution in [0.5, 0.6) is 0 Å². The molecule has 0 saturated carbocycles. The van der Waals surface area contributed by atoms with Crippen LogP contribution in [0, 0.1) is 0 Å². The Balaban J connectivity index is 1.65. The predicted octanol–water partition coefficient (Wildman–Crippen LogP) is 9.79. The zero-order chi connectivity index (χ0) is 57.2. The zero-order valence-electron chi connectivity index (χ0n) is 53.5. The van der Waals surface area contributed by atoms with E-state index >= 15 is 0 Å². The van der Waals surface area contributed by atoms with Gasteiger partial charge >= 0.3 is 0 Å². The summed E-state index contributed by atoms with van der Waals surface area (Å²) in [6.45, 7) is 51.1. The molecule has 430 valence electrons. The first-order chi connectivity index (χ1) is 33.7. The minimum atomic E-state index is -0.168. The van der Waals surface area contributed by atoms with Gasteiger partial charge in [0.05, 0.1) is 13.3 Å². The van der Waals surface area contributed by atoms with Gasteiger partial charge in [-0.3, -0.25) is 34.1 Å². The number of carbonyl (C=O) groups is 2. The van der Waals surface area contributed by atoms with Crippen LogP contribution in [-0.4, -0.2) is 202 Å². The second-order valence-electron chi connectivity index (χ2n) is 31.3. The molecule has 15 heteroatoms. The Morgan fingerprint density at radius 1 is 0.360 bits per heavy atom. The fraction of sp³-hybridized carbons (Fsp3) is 0.917. The van der Waals surface area contributed by atoms with Crippen LogP contribution < -0.4 is 14.7 Å². The molecule has 0 atom stereocenters. The highest BCUT2D eigenvalue weighted by Gasteiger charge is 2.52. The summed E-state index contributed by atoms with van der Waals surface area (Å²) in [6, 6.07) is 0.105. The van der Waals surface area contributed by atoms with Crippen LogP contribution in [0.3, 0.4) is 0 Å². The number of carbonyl (C=O) groups excluding carboxylic acids is 2. The molecule has 0 N–H and O–H groups in total. The third-order valence-electron chi connectivity index (χ3n) is 21.6. The number of hydrogen-bond acceptors (Lipinski definition) is 13. The Morgan fingerprint density at radius 2 is 0.547 bits per heavy atom. The molecule has 5 saturated heterocycles. The average Bonchev–Trinajstić information content (AvgIpc) is 3.23. The fourth-order valence-electron chi connectivity index (χ4n) is 15.6. The highest BCUT2D eigenvalue weighted by atomic mass is 16.2. The van der Waals surface area contributed by atoms with Gasteiger partial charge in [-0.1, -0.05) is 0 Å². The summed E-state index contributed by atoms with van der Waals surface area (Å²) < 4.78 is 0. The topological polar surface area (TPSA) is 105 Å². The summed E-state index contributed by atoms with van der Waals surface area (Å²) in [6.07, 6.45) is 8.69. The van der Waals surface area contributed by atoms with E-state index in [0.717, 1.165) is 64.2 Å². The average molecular weight is 1050 g/mol. The van der Waals surface area contributed by atoms with Crippen molar-refractivity contribution in [3.05, 3.63) is 0 Å². The Hall–Kier alpha value is -2.85. The van der Waals surface area contributed by atoms with E-state index in [1.54, 1.807) is 13.8 Å². The van der Waals surface area contributed by atoms with Crippen molar-refractivity contribution >= 4 is 29.7 Å². The van der Waals surface area contributed by atoms with Gasteiger partial charge in [-0.15, -0.1) is 0 Å². The van der Waals surface area contributed by atoms with Gasteiger partial charge in [-0.25, -0.2) is 0 Å². The summed E-state index contributed by atoms with van der Waals surface area (Å²) in [4.78, 5) is 70.5. The van der Waals surface area contributed by atoms with E-state index in [2.05, 4.69) is 230 Å². The predicted molar refractivity (Wildman–Crippen MR) is 313 cm³/mol. The molecule has 0 aromatic carbocycles. The first-order valence-corrected chi connectivity index (χ1v) is 29.0. The number of hydrogen-bond donors (Lipinski definition) is 0. The Morgan fingerprint density at radius 3 is 0.760 bits per heavy atom. The van der Waals surface area contributed by atoms with Crippen LogP contribution in [0.1, 0.15) is 217 Å². The fourth-order valence-corrected chi connectivity index (χ4v) is 15.6. The largest absolute Gasteiger partial charge is 0.341 e. The number of aromatic nitrogens is 3. The van der Waals surface area contributed by atoms with Crippen molar-refractivity contribution in [2.24, 2.45) is 0 Å². The SMILES string of the molecule is CC(=O)N(CN(c1nc(N(C)C2CC(C)(C)N(C)C(C)(C)C2)nc(N(CN(C(C)=O)C2CC(C)(C)N(C)C(C)(C)C2)C2CC(C)(C)N(C)C(C)(C)C2)n1)C1CC(C)(C)N(C)C(C)(C)C1)C1CC(C)(C)N(C)C(C)(C)C1. The third kappa shape index (κ3) is 12.2. The molecule has 6 heterocycles. The lowest BCUT2D eigenvalue weighted by atomic mass is 9.76. The van der Waals surface area contributed by atoms with Crippen LogP contribution >= 0.6 is 0 Å². The molecule has 15 nitrogen and oxygen atoms in total. The summed E-state index contributed by atoms with van der Waals surface area (Å²) in [5, 5.41) is 0. The molecule has 0 bridgehead atoms. The van der Waals surface area contributed by atoms with Crippen molar-refractivity contribution in [3.63, 3.8) is 0 Å². The van der Waals surface area contributed by atoms with Gasteiger partial charge in [0, 0.05) is 106 Å². The van der Waals surface area contributed by atoms with Crippen LogP contribution in [0.15, 0.2) is 0 Å². The Labute approximate surface area is 459 Å². The van der Waals surface area contributed by atoms with Gasteiger partial charge in [0.1, 0.15) is 0 Å². The summed E-state index contributed by atoms with van der Waals surface area (Å²) in [5.41, 5.74) is -1.37. The minimum absolute atomic E-state index is 0.00187. The maximum Gasteiger partial charge on any atom is 0.233 e. The van der Waals surface area contributed by atoms with Crippen LogP contribution in [0.25, 0.3) is 0 Å². The van der Waals surface area contributed by atoms with Gasteiger partial charge in [0.15, 0.2) is 0 Å². The van der Waals surface area contributed by atoms with Gasteiger partial charge < -0.3 is 24.5 Å². The van der Waals surface area contributed by atoms with Gasteiger partial charge in [-0.05, 0) is 238 Å². The Bertz CT molecular complexity index is 2010. The number of piperidine rings is 5. The van der Waals surface area contributed by atoms with Gasteiger partial charge in [0.25, 0.3) is 0 Å². The molecular weight excluding hydrogens is 935 g/mol. The molecule has 0 unspecified atom stereocenters. The smallest absolute Gasteiger partial charge is 0.233 e. The lowest BCUT2D eigenvalue weighted by molar-refractivity contribution is -0.137. The van der Waals surface area contributed by atoms with E-state index < -0.39 is 0 Å². The number of amides is 2. The monoisotopic (exact) mass is 1050 g/mol. The first-order valence-electron chi connectivity index (χ1n) is 29.0. The van der Waals surface area contributed by atoms with E-state index in [9.17, 15) is 9.59 Å². The highest BCUT2D eigenvalue weighted by Crippen LogP contribution is 2.46. The van der Waals surface area contributed by atoms with E-state index in [0.29, 0.717) is 31.2 Å². The number of anilines is 3. The second kappa shape index (κ2) is 20.0. The molecule has 1 aromatic rings. The number of likely N-dealkylation sites (tertiary alicyclic amines) is 5. The molecule has 6 rings (SSSR count). The van der Waals surface area contributed by atoms with E-state index in [-0.39, 0.29) is 97.4 Å². The summed E-state index contributed by atoms with van der Waals surface area (Å²) in [5.74, 6) is 1.96. The van der Waals surface area contributed by atoms with Crippen LogP contribution in [0.4, 0.5) is 17.8 Å². The van der Waals surface area contributed by atoms with Gasteiger partial charge in [-0.2, -0.15) is 15.0 Å². The summed E-state index contributed by atoms with van der Waals surface area (Å²) in [7, 11) is 13.5. The van der Waals surface area contributed by atoms with Crippen molar-refractivity contribution in [2.75, 3.05) is 70.3 Å². The van der Waals surface area contributed by atoms with E-state index in [1.165, 1.54) is 0 Å². The molecule has 5 aliphatic heterocycles. The third-order valence-corrected chi connectivity index (χ3v) is 21.6. The van der Waals surface area contributed by atoms with Crippen molar-refractivity contribution < 1.29 is 9.59 Å². The highest BCUT2D eigenvalue weighted by molar-refractivity contribution is 5.74. The minimum Gasteiger partial charge on any atom is -0.341 e. The number of nitrogens with zero attached hydrogens (tertiary/aromatic N) is 13. The molecule has 0 aliphatic carbocycles. The lowest BCUT2D eigenvalue weighted by Gasteiger charge is -2.58. The maximum atomic E-state index is 14.6. The molecule has 0 spiro atoms. The van der Waals surface area contributed by atoms with Crippen LogP contribution in [0.2, 0.25) is 0 Å². The molecule has 1 aromatic heterocycles. The second-order valence-corrected chi connectivity index (χ2v) is 31.3. The normalized spacial score (nSPS) is 27.4. The van der Waals surface area contributed by atoms with E-state index in [1.807, 2.05) is 0 Å². The Kier molecular flexibility index (Phi) is 16.4. The molecule has 5 fully saturated rings. The van der Waals surface area contributed by atoms with Crippen LogP contribution in [-0.2, 0) is 9.59 Å². The maximum absolute atomic E-state index is 14.6. The molecular formula is C60H113N13O2. The van der Waals surface area contributed by atoms with Crippen molar-refractivity contribution in [2.45, 2.75) is 302 Å². The lowest BCUT2D eigenvalue weighted by Crippen LogP contribution is -2.66. The van der Waals surface area contributed by atoms with Crippen molar-refractivity contribution in [3.8, 4) is 0 Å². The van der Waals surface area contributed by atoms with Crippen molar-refractivity contribution in [1.82, 2.24) is 49.3 Å². The first kappa shape index (κ1) is 61.4. The van der Waals surface area contributed by atoms with Gasteiger partial charge in [0.2, 0.25) is 29.7 Å².